The van der Waals surface area contributed by atoms with E-state index in [1.165, 1.54) is 10.5 Å². The summed E-state index contributed by atoms with van der Waals surface area (Å²) in [6.45, 7) is 4.16. The molecule has 2 N–H and O–H groups in total. The summed E-state index contributed by atoms with van der Waals surface area (Å²) < 4.78 is 0. The molecule has 1 heterocycles. The monoisotopic (exact) mass is 258 g/mol. The van der Waals surface area contributed by atoms with Crippen molar-refractivity contribution in [3.05, 3.63) is 53.9 Å². The molecule has 2 rings (SSSR count). The van der Waals surface area contributed by atoms with Gasteiger partial charge in [0, 0.05) is 22.0 Å². The van der Waals surface area contributed by atoms with Gasteiger partial charge in [0.25, 0.3) is 0 Å². The number of nitrogens with zero attached hydrogens (tertiary/aromatic N) is 1. The summed E-state index contributed by atoms with van der Waals surface area (Å²) in [6, 6.07) is 12.7. The SMILES string of the molecule is CC[C@@H](N)c1ccc(Sc2ccc(C)cc2)cn1. The maximum absolute atomic E-state index is 5.94. The number of rotatable bonds is 4. The Kier molecular flexibility index (Phi) is 4.39. The molecule has 0 bridgehead atoms. The second-order valence-corrected chi connectivity index (χ2v) is 5.50. The second-order valence-electron chi connectivity index (χ2n) is 4.35. The van der Waals surface area contributed by atoms with E-state index in [0.29, 0.717) is 0 Å². The van der Waals surface area contributed by atoms with Crippen LogP contribution in [-0.2, 0) is 0 Å². The first-order valence-corrected chi connectivity index (χ1v) is 6.96. The van der Waals surface area contributed by atoms with Crippen molar-refractivity contribution in [1.29, 1.82) is 0 Å². The zero-order valence-corrected chi connectivity index (χ0v) is 11.6. The Balaban J connectivity index is 2.08. The highest BCUT2D eigenvalue weighted by Gasteiger charge is 2.04. The molecule has 0 radical (unpaired) electrons. The Morgan fingerprint density at radius 1 is 1.11 bits per heavy atom. The Morgan fingerprint density at radius 2 is 1.78 bits per heavy atom. The van der Waals surface area contributed by atoms with Crippen molar-refractivity contribution < 1.29 is 0 Å². The summed E-state index contributed by atoms with van der Waals surface area (Å²) in [5.41, 5.74) is 8.19. The molecule has 0 aliphatic rings. The number of aromatic nitrogens is 1. The van der Waals surface area contributed by atoms with Crippen molar-refractivity contribution in [2.75, 3.05) is 0 Å². The molecule has 0 aliphatic heterocycles. The number of aryl methyl sites for hydroxylation is 1. The molecule has 1 aromatic carbocycles. The van der Waals surface area contributed by atoms with E-state index in [1.807, 2.05) is 12.3 Å². The molecule has 18 heavy (non-hydrogen) atoms. The maximum atomic E-state index is 5.94. The molecular weight excluding hydrogens is 240 g/mol. The summed E-state index contributed by atoms with van der Waals surface area (Å²) >= 11 is 1.72. The van der Waals surface area contributed by atoms with E-state index in [9.17, 15) is 0 Å². The van der Waals surface area contributed by atoms with Gasteiger partial charge in [-0.3, -0.25) is 4.98 Å². The first kappa shape index (κ1) is 13.1. The zero-order valence-electron chi connectivity index (χ0n) is 10.8. The maximum Gasteiger partial charge on any atom is 0.0571 e. The van der Waals surface area contributed by atoms with Crippen LogP contribution in [-0.4, -0.2) is 4.98 Å². The summed E-state index contributed by atoms with van der Waals surface area (Å²) in [4.78, 5) is 6.79. The van der Waals surface area contributed by atoms with Crippen LogP contribution in [0.25, 0.3) is 0 Å². The molecular formula is C15H18N2S. The smallest absolute Gasteiger partial charge is 0.0571 e. The number of hydrogen-bond donors (Lipinski definition) is 1. The fraction of sp³-hybridized carbons (Fsp3) is 0.267. The molecule has 0 saturated carbocycles. The third kappa shape index (κ3) is 3.34. The molecule has 94 valence electrons. The van der Waals surface area contributed by atoms with Crippen molar-refractivity contribution in [3.63, 3.8) is 0 Å². The molecule has 2 aromatic rings. The van der Waals surface area contributed by atoms with Gasteiger partial charge in [0.05, 0.1) is 5.69 Å². The Morgan fingerprint density at radius 3 is 2.33 bits per heavy atom. The normalized spacial score (nSPS) is 12.4. The minimum Gasteiger partial charge on any atom is -0.323 e. The van der Waals surface area contributed by atoms with Crippen LogP contribution in [0.5, 0.6) is 0 Å². The summed E-state index contributed by atoms with van der Waals surface area (Å²) in [6.07, 6.45) is 2.81. The van der Waals surface area contributed by atoms with Crippen LogP contribution in [0, 0.1) is 6.92 Å². The Labute approximate surface area is 113 Å². The highest BCUT2D eigenvalue weighted by atomic mass is 32.2. The molecule has 0 unspecified atom stereocenters. The Hall–Kier alpha value is -1.32. The van der Waals surface area contributed by atoms with Gasteiger partial charge in [0.15, 0.2) is 0 Å². The van der Waals surface area contributed by atoms with Gasteiger partial charge in [0.2, 0.25) is 0 Å². The molecule has 0 fully saturated rings. The van der Waals surface area contributed by atoms with E-state index in [4.69, 9.17) is 5.73 Å². The van der Waals surface area contributed by atoms with Crippen LogP contribution in [0.3, 0.4) is 0 Å². The van der Waals surface area contributed by atoms with Crippen molar-refractivity contribution in [2.45, 2.75) is 36.1 Å². The van der Waals surface area contributed by atoms with Gasteiger partial charge < -0.3 is 5.73 Å². The van der Waals surface area contributed by atoms with Gasteiger partial charge in [0.1, 0.15) is 0 Å². The standard InChI is InChI=1S/C15H18N2S/c1-3-14(16)15-9-8-13(10-17-15)18-12-6-4-11(2)5-7-12/h4-10,14H,3,16H2,1-2H3/t14-/m1/s1. The van der Waals surface area contributed by atoms with Crippen molar-refractivity contribution >= 4 is 11.8 Å². The van der Waals surface area contributed by atoms with Crippen LogP contribution in [0.1, 0.15) is 30.6 Å². The van der Waals surface area contributed by atoms with E-state index in [1.54, 1.807) is 11.8 Å². The van der Waals surface area contributed by atoms with E-state index < -0.39 is 0 Å². The summed E-state index contributed by atoms with van der Waals surface area (Å²) in [7, 11) is 0. The number of benzene rings is 1. The molecule has 1 aromatic heterocycles. The van der Waals surface area contributed by atoms with Crippen molar-refractivity contribution in [1.82, 2.24) is 4.98 Å². The number of pyridine rings is 1. The third-order valence-corrected chi connectivity index (χ3v) is 3.82. The first-order valence-electron chi connectivity index (χ1n) is 6.15. The van der Waals surface area contributed by atoms with E-state index in [2.05, 4.69) is 49.2 Å². The minimum absolute atomic E-state index is 0.0448. The Bertz CT molecular complexity index is 491. The van der Waals surface area contributed by atoms with Crippen molar-refractivity contribution in [2.24, 2.45) is 5.73 Å². The number of hydrogen-bond acceptors (Lipinski definition) is 3. The van der Waals surface area contributed by atoms with E-state index >= 15 is 0 Å². The molecule has 0 amide bonds. The molecule has 3 heteroatoms. The molecule has 0 saturated heterocycles. The van der Waals surface area contributed by atoms with Gasteiger partial charge >= 0.3 is 0 Å². The van der Waals surface area contributed by atoms with Gasteiger partial charge in [-0.1, -0.05) is 36.4 Å². The third-order valence-electron chi connectivity index (χ3n) is 2.84. The summed E-state index contributed by atoms with van der Waals surface area (Å²) in [5.74, 6) is 0. The predicted molar refractivity (Wildman–Crippen MR) is 76.8 cm³/mol. The van der Waals surface area contributed by atoms with Crippen LogP contribution in [0.4, 0.5) is 0 Å². The van der Waals surface area contributed by atoms with Crippen LogP contribution in [0.2, 0.25) is 0 Å². The number of nitrogens with two attached hydrogens (primary N) is 1. The quantitative estimate of drug-likeness (QED) is 0.902. The topological polar surface area (TPSA) is 38.9 Å². The van der Waals surface area contributed by atoms with Crippen LogP contribution < -0.4 is 5.73 Å². The van der Waals surface area contributed by atoms with Gasteiger partial charge in [-0.15, -0.1) is 0 Å². The fourth-order valence-corrected chi connectivity index (χ4v) is 2.41. The van der Waals surface area contributed by atoms with Crippen LogP contribution >= 0.6 is 11.8 Å². The predicted octanol–water partition coefficient (Wildman–Crippen LogP) is 3.95. The van der Waals surface area contributed by atoms with E-state index in [0.717, 1.165) is 17.0 Å². The average Bonchev–Trinajstić information content (AvgIpc) is 2.41. The van der Waals surface area contributed by atoms with E-state index in [-0.39, 0.29) is 6.04 Å². The second kappa shape index (κ2) is 6.03. The average molecular weight is 258 g/mol. The fourth-order valence-electron chi connectivity index (χ4n) is 1.62. The molecule has 2 nitrogen and oxygen atoms in total. The van der Waals surface area contributed by atoms with Gasteiger partial charge in [-0.05, 0) is 37.6 Å². The van der Waals surface area contributed by atoms with Crippen LogP contribution in [0.15, 0.2) is 52.4 Å². The van der Waals surface area contributed by atoms with Gasteiger partial charge in [-0.25, -0.2) is 0 Å². The largest absolute Gasteiger partial charge is 0.323 e. The molecule has 0 aliphatic carbocycles. The lowest BCUT2D eigenvalue weighted by Crippen LogP contribution is -2.10. The van der Waals surface area contributed by atoms with Crippen molar-refractivity contribution in [3.8, 4) is 0 Å². The lowest BCUT2D eigenvalue weighted by Gasteiger charge is -2.08. The molecule has 0 spiro atoms. The first-order chi connectivity index (χ1) is 8.69. The summed E-state index contributed by atoms with van der Waals surface area (Å²) in [5, 5.41) is 0. The lowest BCUT2D eigenvalue weighted by molar-refractivity contribution is 0.674. The highest BCUT2D eigenvalue weighted by molar-refractivity contribution is 7.99. The lowest BCUT2D eigenvalue weighted by atomic mass is 10.1. The zero-order chi connectivity index (χ0) is 13.0. The minimum atomic E-state index is 0.0448. The van der Waals surface area contributed by atoms with Gasteiger partial charge in [-0.2, -0.15) is 0 Å². The highest BCUT2D eigenvalue weighted by Crippen LogP contribution is 2.27. The molecule has 1 atom stereocenters.